The second kappa shape index (κ2) is 12.3. The Kier molecular flexibility index (Phi) is 11.9. The fourth-order valence-electron chi connectivity index (χ4n) is 1.51. The van der Waals surface area contributed by atoms with Gasteiger partial charge >= 0.3 is 11.9 Å². The van der Waals surface area contributed by atoms with Crippen LogP contribution in [0.15, 0.2) is 0 Å². The van der Waals surface area contributed by atoms with E-state index in [1.165, 1.54) is 24.6 Å². The van der Waals surface area contributed by atoms with E-state index < -0.39 is 5.97 Å². The van der Waals surface area contributed by atoms with Crippen molar-refractivity contribution in [3.8, 4) is 0 Å². The van der Waals surface area contributed by atoms with Crippen LogP contribution in [0, 0.1) is 5.92 Å². The van der Waals surface area contributed by atoms with Crippen LogP contribution in [0.25, 0.3) is 0 Å². The Balaban J connectivity index is 3.23. The van der Waals surface area contributed by atoms with E-state index in [4.69, 9.17) is 9.84 Å². The molecule has 0 spiro atoms. The minimum absolute atomic E-state index is 0.148. The number of ether oxygens (including phenoxy) is 1. The zero-order valence-electron chi connectivity index (χ0n) is 12.0. The quantitative estimate of drug-likeness (QED) is 0.441. The summed E-state index contributed by atoms with van der Waals surface area (Å²) in [6.07, 6.45) is 4.99. The van der Waals surface area contributed by atoms with Crippen molar-refractivity contribution < 1.29 is 19.4 Å². The number of rotatable bonds is 12. The lowest BCUT2D eigenvalue weighted by molar-refractivity contribution is -0.143. The molecule has 19 heavy (non-hydrogen) atoms. The molecule has 0 aromatic carbocycles. The number of aliphatic carboxylic acids is 1. The van der Waals surface area contributed by atoms with E-state index in [0.29, 0.717) is 24.5 Å². The van der Waals surface area contributed by atoms with Crippen molar-refractivity contribution in [1.82, 2.24) is 0 Å². The van der Waals surface area contributed by atoms with Gasteiger partial charge in [0.05, 0.1) is 19.4 Å². The van der Waals surface area contributed by atoms with E-state index in [-0.39, 0.29) is 12.4 Å². The lowest BCUT2D eigenvalue weighted by Crippen LogP contribution is -2.07. The van der Waals surface area contributed by atoms with Gasteiger partial charge in [-0.2, -0.15) is 11.8 Å². The number of carboxylic acids is 1. The van der Waals surface area contributed by atoms with Crippen molar-refractivity contribution in [3.05, 3.63) is 0 Å². The molecule has 0 rings (SSSR count). The third kappa shape index (κ3) is 15.2. The molecule has 0 atom stereocenters. The number of unbranched alkanes of at least 4 members (excludes halogenated alkanes) is 2. The summed E-state index contributed by atoms with van der Waals surface area (Å²) >= 11 is 1.48. The molecule has 0 aliphatic heterocycles. The molecule has 0 bridgehead atoms. The standard InChI is InChI=1S/C14H26O4S/c1-12(2)6-4-3-5-9-18-14(17)8-11-19-10-7-13(15)16/h12H,3-11H2,1-2H3,(H,15,16). The second-order valence-corrected chi connectivity index (χ2v) is 6.19. The summed E-state index contributed by atoms with van der Waals surface area (Å²) in [5, 5.41) is 8.44. The number of carboxylic acid groups (broad SMARTS) is 1. The Hall–Kier alpha value is -0.710. The number of thioether (sulfide) groups is 1. The molecule has 0 aliphatic rings. The Morgan fingerprint density at radius 3 is 2.42 bits per heavy atom. The van der Waals surface area contributed by atoms with E-state index >= 15 is 0 Å². The minimum atomic E-state index is -0.795. The average Bonchev–Trinajstić information content (AvgIpc) is 2.32. The summed E-state index contributed by atoms with van der Waals surface area (Å²) in [6, 6.07) is 0. The number of esters is 1. The molecule has 0 saturated carbocycles. The SMILES string of the molecule is CC(C)CCCCCOC(=O)CCSCCC(=O)O. The summed E-state index contributed by atoms with van der Waals surface area (Å²) in [5.74, 6) is 0.964. The van der Waals surface area contributed by atoms with Gasteiger partial charge in [0.15, 0.2) is 0 Å². The molecule has 0 fully saturated rings. The molecule has 0 amide bonds. The molecule has 0 heterocycles. The molecule has 1 N–H and O–H groups in total. The highest BCUT2D eigenvalue weighted by Gasteiger charge is 2.03. The van der Waals surface area contributed by atoms with Crippen LogP contribution >= 0.6 is 11.8 Å². The largest absolute Gasteiger partial charge is 0.481 e. The highest BCUT2D eigenvalue weighted by atomic mass is 32.2. The van der Waals surface area contributed by atoms with E-state index in [1.54, 1.807) is 0 Å². The van der Waals surface area contributed by atoms with E-state index in [0.717, 1.165) is 18.8 Å². The Morgan fingerprint density at radius 1 is 1.11 bits per heavy atom. The number of carbonyl (C=O) groups excluding carboxylic acids is 1. The monoisotopic (exact) mass is 290 g/mol. The number of hydrogen-bond acceptors (Lipinski definition) is 4. The summed E-state index contributed by atoms with van der Waals surface area (Å²) in [7, 11) is 0. The van der Waals surface area contributed by atoms with Gasteiger partial charge in [0.1, 0.15) is 0 Å². The Morgan fingerprint density at radius 2 is 1.79 bits per heavy atom. The molecule has 0 unspecified atom stereocenters. The van der Waals surface area contributed by atoms with Crippen LogP contribution in [0.3, 0.4) is 0 Å². The first-order valence-electron chi connectivity index (χ1n) is 6.97. The van der Waals surface area contributed by atoms with Crippen molar-refractivity contribution >= 4 is 23.7 Å². The topological polar surface area (TPSA) is 63.6 Å². The molecule has 0 aromatic heterocycles. The molecule has 5 heteroatoms. The maximum atomic E-state index is 11.3. The van der Waals surface area contributed by atoms with Gasteiger partial charge in [0.2, 0.25) is 0 Å². The maximum Gasteiger partial charge on any atom is 0.306 e. The average molecular weight is 290 g/mol. The van der Waals surface area contributed by atoms with Crippen LogP contribution in [-0.4, -0.2) is 35.2 Å². The zero-order chi connectivity index (χ0) is 14.5. The number of carbonyl (C=O) groups is 2. The van der Waals surface area contributed by atoms with Gasteiger partial charge in [-0.3, -0.25) is 9.59 Å². The van der Waals surface area contributed by atoms with Gasteiger partial charge in [-0.05, 0) is 12.3 Å². The lowest BCUT2D eigenvalue weighted by atomic mass is 10.1. The first kappa shape index (κ1) is 18.3. The smallest absolute Gasteiger partial charge is 0.306 e. The van der Waals surface area contributed by atoms with Gasteiger partial charge in [-0.25, -0.2) is 0 Å². The van der Waals surface area contributed by atoms with Crippen LogP contribution in [0.5, 0.6) is 0 Å². The molecule has 0 aromatic rings. The van der Waals surface area contributed by atoms with Crippen LogP contribution in [-0.2, 0) is 14.3 Å². The van der Waals surface area contributed by atoms with Crippen molar-refractivity contribution in [3.63, 3.8) is 0 Å². The molecule has 4 nitrogen and oxygen atoms in total. The van der Waals surface area contributed by atoms with Gasteiger partial charge in [-0.1, -0.05) is 33.1 Å². The zero-order valence-corrected chi connectivity index (χ0v) is 12.8. The second-order valence-electron chi connectivity index (χ2n) is 4.97. The first-order valence-corrected chi connectivity index (χ1v) is 8.13. The van der Waals surface area contributed by atoms with Crippen LogP contribution in [0.1, 0.15) is 52.4 Å². The Bertz CT molecular complexity index is 254. The summed E-state index contributed by atoms with van der Waals surface area (Å²) < 4.78 is 5.11. The lowest BCUT2D eigenvalue weighted by Gasteiger charge is -2.06. The van der Waals surface area contributed by atoms with Crippen molar-refractivity contribution in [2.45, 2.75) is 52.4 Å². The molecule has 112 valence electrons. The summed E-state index contributed by atoms with van der Waals surface area (Å²) in [4.78, 5) is 21.6. The third-order valence-corrected chi connectivity index (χ3v) is 3.59. The van der Waals surface area contributed by atoms with Gasteiger partial charge in [0, 0.05) is 11.5 Å². The van der Waals surface area contributed by atoms with Crippen molar-refractivity contribution in [2.75, 3.05) is 18.1 Å². The fourth-order valence-corrected chi connectivity index (χ4v) is 2.34. The summed E-state index contributed by atoms with van der Waals surface area (Å²) in [5.41, 5.74) is 0. The van der Waals surface area contributed by atoms with E-state index in [1.807, 2.05) is 0 Å². The normalized spacial score (nSPS) is 10.7. The van der Waals surface area contributed by atoms with Gasteiger partial charge < -0.3 is 9.84 Å². The minimum Gasteiger partial charge on any atom is -0.481 e. The van der Waals surface area contributed by atoms with Gasteiger partial charge in [0.25, 0.3) is 0 Å². The molecule has 0 saturated heterocycles. The third-order valence-electron chi connectivity index (χ3n) is 2.60. The van der Waals surface area contributed by atoms with Crippen molar-refractivity contribution in [1.29, 1.82) is 0 Å². The predicted octanol–water partition coefficient (Wildman–Crippen LogP) is 3.34. The molecule has 0 aliphatic carbocycles. The molecular weight excluding hydrogens is 264 g/mol. The van der Waals surface area contributed by atoms with Crippen LogP contribution < -0.4 is 0 Å². The highest BCUT2D eigenvalue weighted by Crippen LogP contribution is 2.09. The predicted molar refractivity (Wildman–Crippen MR) is 78.5 cm³/mol. The highest BCUT2D eigenvalue weighted by molar-refractivity contribution is 7.99. The van der Waals surface area contributed by atoms with Crippen LogP contribution in [0.2, 0.25) is 0 Å². The van der Waals surface area contributed by atoms with E-state index in [9.17, 15) is 9.59 Å². The first-order chi connectivity index (χ1) is 9.02. The summed E-state index contributed by atoms with van der Waals surface area (Å²) in [6.45, 7) is 4.93. The van der Waals surface area contributed by atoms with Crippen molar-refractivity contribution in [2.24, 2.45) is 5.92 Å². The maximum absolute atomic E-state index is 11.3. The number of hydrogen-bond donors (Lipinski definition) is 1. The Labute approximate surface area is 120 Å². The fraction of sp³-hybridized carbons (Fsp3) is 0.857. The van der Waals surface area contributed by atoms with E-state index in [2.05, 4.69) is 13.8 Å². The van der Waals surface area contributed by atoms with Crippen LogP contribution in [0.4, 0.5) is 0 Å². The molecule has 0 radical (unpaired) electrons. The van der Waals surface area contributed by atoms with Gasteiger partial charge in [-0.15, -0.1) is 0 Å². The molecular formula is C14H26O4S.